The highest BCUT2D eigenvalue weighted by molar-refractivity contribution is 6.03. The highest BCUT2D eigenvalue weighted by Crippen LogP contribution is 2.29. The van der Waals surface area contributed by atoms with E-state index >= 15 is 0 Å². The summed E-state index contributed by atoms with van der Waals surface area (Å²) < 4.78 is 10.2. The number of benzene rings is 2. The monoisotopic (exact) mass is 392 g/mol. The maximum Gasteiger partial charge on any atom is 0.229 e. The Bertz CT molecular complexity index is 1060. The third kappa shape index (κ3) is 3.96. The lowest BCUT2D eigenvalue weighted by Crippen LogP contribution is -2.28. The molecule has 0 bridgehead atoms. The number of nitrogens with one attached hydrogen (secondary N) is 1. The van der Waals surface area contributed by atoms with Gasteiger partial charge in [-0.25, -0.2) is 0 Å². The molecule has 1 atom stereocenters. The van der Waals surface area contributed by atoms with Gasteiger partial charge in [0.2, 0.25) is 23.5 Å². The topological polar surface area (TPSA) is 97.6 Å². The Hall–Kier alpha value is -3.68. The van der Waals surface area contributed by atoms with Crippen LogP contribution in [0.15, 0.2) is 53.1 Å². The summed E-state index contributed by atoms with van der Waals surface area (Å²) in [4.78, 5) is 31.1. The van der Waals surface area contributed by atoms with E-state index in [1.54, 1.807) is 43.2 Å². The number of carbonyl (C=O) groups excluding carboxylic acids is 2. The standard InChI is InChI=1S/C21H20N4O4/c1-13-22-20(24-29-13)14-5-3-7-17(9-14)25-12-15(10-19(25)26)21(27)23-16-6-4-8-18(11-16)28-2/h3-9,11,15H,10,12H2,1-2H3,(H,23,27). The van der Waals surface area contributed by atoms with Crippen molar-refractivity contribution in [3.63, 3.8) is 0 Å². The fourth-order valence-corrected chi connectivity index (χ4v) is 3.31. The smallest absolute Gasteiger partial charge is 0.229 e. The Balaban J connectivity index is 1.48. The number of aromatic nitrogens is 2. The van der Waals surface area contributed by atoms with Crippen LogP contribution in [0.2, 0.25) is 0 Å². The normalized spacial score (nSPS) is 16.1. The largest absolute Gasteiger partial charge is 0.497 e. The Kier molecular flexibility index (Phi) is 4.99. The van der Waals surface area contributed by atoms with Crippen LogP contribution in [0, 0.1) is 12.8 Å². The average molecular weight is 392 g/mol. The SMILES string of the molecule is COc1cccc(NC(=O)C2CC(=O)N(c3cccc(-c4noc(C)n4)c3)C2)c1. The number of hydrogen-bond donors (Lipinski definition) is 1. The van der Waals surface area contributed by atoms with E-state index in [9.17, 15) is 9.59 Å². The molecule has 0 aliphatic carbocycles. The molecule has 1 aliphatic rings. The van der Waals surface area contributed by atoms with Gasteiger partial charge in [-0.2, -0.15) is 4.98 Å². The van der Waals surface area contributed by atoms with Crippen molar-refractivity contribution in [2.24, 2.45) is 5.92 Å². The number of nitrogens with zero attached hydrogens (tertiary/aromatic N) is 3. The molecule has 1 aromatic heterocycles. The number of amides is 2. The first-order chi connectivity index (χ1) is 14.0. The molecule has 1 saturated heterocycles. The number of anilines is 2. The van der Waals surface area contributed by atoms with Gasteiger partial charge < -0.3 is 19.5 Å². The first kappa shape index (κ1) is 18.7. The molecular weight excluding hydrogens is 372 g/mol. The number of carbonyl (C=O) groups is 2. The molecule has 4 rings (SSSR count). The van der Waals surface area contributed by atoms with E-state index in [0.717, 1.165) is 5.56 Å². The molecule has 1 fully saturated rings. The molecule has 3 aromatic rings. The fourth-order valence-electron chi connectivity index (χ4n) is 3.31. The van der Waals surface area contributed by atoms with Crippen LogP contribution in [-0.4, -0.2) is 35.6 Å². The van der Waals surface area contributed by atoms with E-state index in [1.807, 2.05) is 24.3 Å². The van der Waals surface area contributed by atoms with E-state index in [4.69, 9.17) is 9.26 Å². The predicted molar refractivity (Wildman–Crippen MR) is 107 cm³/mol. The van der Waals surface area contributed by atoms with Crippen molar-refractivity contribution >= 4 is 23.2 Å². The molecule has 0 spiro atoms. The number of aryl methyl sites for hydroxylation is 1. The maximum absolute atomic E-state index is 12.7. The zero-order valence-corrected chi connectivity index (χ0v) is 16.1. The second-order valence-electron chi connectivity index (χ2n) is 6.81. The van der Waals surface area contributed by atoms with Crippen molar-refractivity contribution in [1.82, 2.24) is 10.1 Å². The summed E-state index contributed by atoms with van der Waals surface area (Å²) in [5.74, 6) is 0.849. The molecular formula is C21H20N4O4. The highest BCUT2D eigenvalue weighted by atomic mass is 16.5. The highest BCUT2D eigenvalue weighted by Gasteiger charge is 2.35. The molecule has 0 radical (unpaired) electrons. The minimum absolute atomic E-state index is 0.0998. The van der Waals surface area contributed by atoms with Crippen molar-refractivity contribution in [2.45, 2.75) is 13.3 Å². The van der Waals surface area contributed by atoms with E-state index in [0.29, 0.717) is 35.4 Å². The average Bonchev–Trinajstić information content (AvgIpc) is 3.34. The van der Waals surface area contributed by atoms with Crippen LogP contribution in [0.5, 0.6) is 5.75 Å². The van der Waals surface area contributed by atoms with Gasteiger partial charge in [-0.15, -0.1) is 0 Å². The third-order valence-corrected chi connectivity index (χ3v) is 4.78. The van der Waals surface area contributed by atoms with Crippen LogP contribution in [0.3, 0.4) is 0 Å². The Morgan fingerprint density at radius 1 is 1.24 bits per heavy atom. The van der Waals surface area contributed by atoms with Crippen LogP contribution in [0.25, 0.3) is 11.4 Å². The first-order valence-electron chi connectivity index (χ1n) is 9.19. The Morgan fingerprint density at radius 3 is 2.83 bits per heavy atom. The summed E-state index contributed by atoms with van der Waals surface area (Å²) in [5, 5.41) is 6.77. The van der Waals surface area contributed by atoms with Crippen molar-refractivity contribution in [3.05, 3.63) is 54.4 Å². The zero-order valence-electron chi connectivity index (χ0n) is 16.1. The number of ether oxygens (including phenoxy) is 1. The van der Waals surface area contributed by atoms with Gasteiger partial charge >= 0.3 is 0 Å². The molecule has 8 heteroatoms. The van der Waals surface area contributed by atoms with Crippen LogP contribution < -0.4 is 15.0 Å². The first-order valence-corrected chi connectivity index (χ1v) is 9.19. The summed E-state index contributed by atoms with van der Waals surface area (Å²) in [6.45, 7) is 2.03. The van der Waals surface area contributed by atoms with Gasteiger partial charge in [0.25, 0.3) is 0 Å². The molecule has 0 saturated carbocycles. The van der Waals surface area contributed by atoms with Gasteiger partial charge in [-0.05, 0) is 24.3 Å². The van der Waals surface area contributed by atoms with Gasteiger partial charge in [-0.3, -0.25) is 9.59 Å². The molecule has 29 heavy (non-hydrogen) atoms. The van der Waals surface area contributed by atoms with E-state index in [-0.39, 0.29) is 18.2 Å². The van der Waals surface area contributed by atoms with E-state index < -0.39 is 5.92 Å². The summed E-state index contributed by atoms with van der Waals surface area (Å²) in [6.07, 6.45) is 0.154. The van der Waals surface area contributed by atoms with Crippen LogP contribution in [-0.2, 0) is 9.59 Å². The molecule has 148 valence electrons. The van der Waals surface area contributed by atoms with Crippen LogP contribution in [0.4, 0.5) is 11.4 Å². The fraction of sp³-hybridized carbons (Fsp3) is 0.238. The Labute approximate surface area is 167 Å². The maximum atomic E-state index is 12.7. The van der Waals surface area contributed by atoms with E-state index in [1.165, 1.54) is 0 Å². The predicted octanol–water partition coefficient (Wildman–Crippen LogP) is 3.05. The minimum atomic E-state index is -0.440. The summed E-state index contributed by atoms with van der Waals surface area (Å²) in [7, 11) is 1.57. The van der Waals surface area contributed by atoms with Crippen molar-refractivity contribution in [2.75, 3.05) is 23.9 Å². The number of hydrogen-bond acceptors (Lipinski definition) is 6. The summed E-state index contributed by atoms with van der Waals surface area (Å²) in [6, 6.07) is 14.4. The van der Waals surface area contributed by atoms with Gasteiger partial charge in [0.1, 0.15) is 5.75 Å². The van der Waals surface area contributed by atoms with E-state index in [2.05, 4.69) is 15.5 Å². The molecule has 2 heterocycles. The molecule has 8 nitrogen and oxygen atoms in total. The molecule has 1 aliphatic heterocycles. The van der Waals surface area contributed by atoms with Crippen LogP contribution >= 0.6 is 0 Å². The van der Waals surface area contributed by atoms with Crippen molar-refractivity contribution < 1.29 is 18.8 Å². The minimum Gasteiger partial charge on any atom is -0.497 e. The van der Waals surface area contributed by atoms with Gasteiger partial charge in [-0.1, -0.05) is 23.4 Å². The quantitative estimate of drug-likeness (QED) is 0.717. The second kappa shape index (κ2) is 7.75. The van der Waals surface area contributed by atoms with Gasteiger partial charge in [0.15, 0.2) is 0 Å². The molecule has 1 unspecified atom stereocenters. The van der Waals surface area contributed by atoms with Gasteiger partial charge in [0, 0.05) is 42.9 Å². The van der Waals surface area contributed by atoms with Crippen molar-refractivity contribution in [1.29, 1.82) is 0 Å². The van der Waals surface area contributed by atoms with Crippen LogP contribution in [0.1, 0.15) is 12.3 Å². The lowest BCUT2D eigenvalue weighted by molar-refractivity contribution is -0.122. The lowest BCUT2D eigenvalue weighted by Gasteiger charge is -2.17. The lowest BCUT2D eigenvalue weighted by atomic mass is 10.1. The molecule has 1 N–H and O–H groups in total. The zero-order chi connectivity index (χ0) is 20.4. The Morgan fingerprint density at radius 2 is 2.07 bits per heavy atom. The molecule has 2 amide bonds. The summed E-state index contributed by atoms with van der Waals surface area (Å²) in [5.41, 5.74) is 2.08. The van der Waals surface area contributed by atoms with Gasteiger partial charge in [0.05, 0.1) is 13.0 Å². The second-order valence-corrected chi connectivity index (χ2v) is 6.81. The van der Waals surface area contributed by atoms with Crippen molar-refractivity contribution in [3.8, 4) is 17.1 Å². The number of rotatable bonds is 5. The number of methoxy groups -OCH3 is 1. The third-order valence-electron chi connectivity index (χ3n) is 4.78. The summed E-state index contributed by atoms with van der Waals surface area (Å²) >= 11 is 0. The molecule has 2 aromatic carbocycles.